The normalized spacial score (nSPS) is 18.1. The summed E-state index contributed by atoms with van der Waals surface area (Å²) in [6.45, 7) is 5.80. The minimum Gasteiger partial charge on any atom is -0.507 e. The molecule has 1 atom stereocenters. The van der Waals surface area contributed by atoms with Crippen LogP contribution in [-0.4, -0.2) is 48.1 Å². The van der Waals surface area contributed by atoms with Crippen LogP contribution in [0.2, 0.25) is 0 Å². The van der Waals surface area contributed by atoms with Crippen molar-refractivity contribution in [2.24, 2.45) is 0 Å². The smallest absolute Gasteiger partial charge is 0.295 e. The van der Waals surface area contributed by atoms with Crippen molar-refractivity contribution in [1.29, 1.82) is 0 Å². The van der Waals surface area contributed by atoms with Gasteiger partial charge in [-0.25, -0.2) is 0 Å². The summed E-state index contributed by atoms with van der Waals surface area (Å²) >= 11 is 0. The van der Waals surface area contributed by atoms with E-state index in [0.717, 1.165) is 5.56 Å². The Bertz CT molecular complexity index is 905. The average Bonchev–Trinajstić information content (AvgIpc) is 3.02. The molecular weight excluding hydrogens is 382 g/mol. The number of carbonyl (C=O) groups is 2. The van der Waals surface area contributed by atoms with Gasteiger partial charge in [-0.15, -0.1) is 0 Å². The third-order valence-corrected chi connectivity index (χ3v) is 4.99. The van der Waals surface area contributed by atoms with Gasteiger partial charge in [0.1, 0.15) is 11.5 Å². The van der Waals surface area contributed by atoms with Crippen molar-refractivity contribution in [3.8, 4) is 5.75 Å². The molecule has 0 aromatic heterocycles. The molecule has 3 rings (SSSR count). The Morgan fingerprint density at radius 1 is 1.00 bits per heavy atom. The van der Waals surface area contributed by atoms with Crippen LogP contribution in [0.3, 0.4) is 0 Å². The number of likely N-dealkylation sites (tertiary alicyclic amines) is 1. The number of hydrogen-bond donors (Lipinski definition) is 1. The largest absolute Gasteiger partial charge is 0.507 e. The Morgan fingerprint density at radius 3 is 2.33 bits per heavy atom. The lowest BCUT2D eigenvalue weighted by Crippen LogP contribution is -2.31. The molecule has 0 aliphatic carbocycles. The maximum absolute atomic E-state index is 12.9. The predicted octanol–water partition coefficient (Wildman–Crippen LogP) is 3.93. The molecule has 1 heterocycles. The number of Topliss-reactive ketones (excluding diaryl/α,β-unsaturated/α-hetero) is 1. The Hall–Kier alpha value is -3.12. The van der Waals surface area contributed by atoms with Gasteiger partial charge in [0.15, 0.2) is 0 Å². The summed E-state index contributed by atoms with van der Waals surface area (Å²) in [4.78, 5) is 27.3. The number of amides is 1. The van der Waals surface area contributed by atoms with Gasteiger partial charge in [-0.2, -0.15) is 0 Å². The third kappa shape index (κ3) is 4.54. The van der Waals surface area contributed by atoms with E-state index in [1.165, 1.54) is 4.90 Å². The lowest BCUT2D eigenvalue weighted by atomic mass is 9.95. The van der Waals surface area contributed by atoms with E-state index in [1.54, 1.807) is 24.3 Å². The van der Waals surface area contributed by atoms with Crippen LogP contribution in [0.1, 0.15) is 37.4 Å². The molecule has 6 heteroatoms. The van der Waals surface area contributed by atoms with Crippen molar-refractivity contribution in [3.63, 3.8) is 0 Å². The van der Waals surface area contributed by atoms with Crippen LogP contribution < -0.4 is 4.74 Å². The fourth-order valence-electron chi connectivity index (χ4n) is 3.60. The Labute approximate surface area is 176 Å². The van der Waals surface area contributed by atoms with Crippen molar-refractivity contribution in [1.82, 2.24) is 4.90 Å². The molecule has 1 fully saturated rings. The molecule has 1 aliphatic heterocycles. The molecule has 30 heavy (non-hydrogen) atoms. The summed E-state index contributed by atoms with van der Waals surface area (Å²) < 4.78 is 10.9. The summed E-state index contributed by atoms with van der Waals surface area (Å²) in [5, 5.41) is 10.9. The van der Waals surface area contributed by atoms with Crippen LogP contribution in [-0.2, 0) is 14.3 Å². The molecule has 6 nitrogen and oxygen atoms in total. The number of aliphatic hydroxyl groups excluding tert-OH is 1. The van der Waals surface area contributed by atoms with Crippen LogP contribution in [0.4, 0.5) is 0 Å². The fourth-order valence-corrected chi connectivity index (χ4v) is 3.60. The molecule has 0 spiro atoms. The third-order valence-electron chi connectivity index (χ3n) is 4.99. The van der Waals surface area contributed by atoms with Crippen molar-refractivity contribution in [2.75, 3.05) is 26.4 Å². The molecule has 1 unspecified atom stereocenters. The lowest BCUT2D eigenvalue weighted by molar-refractivity contribution is -0.140. The molecule has 2 aromatic carbocycles. The number of aliphatic hydroxyl groups is 1. The van der Waals surface area contributed by atoms with Gasteiger partial charge in [-0.3, -0.25) is 9.59 Å². The summed E-state index contributed by atoms with van der Waals surface area (Å²) in [5.41, 5.74) is 1.35. The van der Waals surface area contributed by atoms with E-state index < -0.39 is 17.7 Å². The second-order valence-corrected chi connectivity index (χ2v) is 6.91. The van der Waals surface area contributed by atoms with E-state index >= 15 is 0 Å². The first-order valence-electron chi connectivity index (χ1n) is 10.2. The topological polar surface area (TPSA) is 76.1 Å². The van der Waals surface area contributed by atoms with Crippen LogP contribution in [0, 0.1) is 0 Å². The number of benzene rings is 2. The van der Waals surface area contributed by atoms with Gasteiger partial charge in [0.25, 0.3) is 11.7 Å². The maximum Gasteiger partial charge on any atom is 0.295 e. The first-order valence-corrected chi connectivity index (χ1v) is 10.2. The van der Waals surface area contributed by atoms with Gasteiger partial charge < -0.3 is 19.5 Å². The Morgan fingerprint density at radius 2 is 1.70 bits per heavy atom. The number of ketones is 1. The highest BCUT2D eigenvalue weighted by atomic mass is 16.5. The highest BCUT2D eigenvalue weighted by molar-refractivity contribution is 6.46. The van der Waals surface area contributed by atoms with Gasteiger partial charge in [-0.05, 0) is 38.0 Å². The summed E-state index contributed by atoms with van der Waals surface area (Å²) in [5.74, 6) is -0.743. The monoisotopic (exact) mass is 409 g/mol. The van der Waals surface area contributed by atoms with E-state index in [9.17, 15) is 14.7 Å². The zero-order valence-electron chi connectivity index (χ0n) is 17.3. The van der Waals surface area contributed by atoms with Crippen LogP contribution in [0.5, 0.6) is 5.75 Å². The van der Waals surface area contributed by atoms with Gasteiger partial charge in [0.05, 0.1) is 18.2 Å². The van der Waals surface area contributed by atoms with E-state index in [2.05, 4.69) is 0 Å². The number of nitrogens with zero attached hydrogens (tertiary/aromatic N) is 1. The second-order valence-electron chi connectivity index (χ2n) is 6.91. The van der Waals surface area contributed by atoms with Gasteiger partial charge in [0.2, 0.25) is 0 Å². The molecule has 0 radical (unpaired) electrons. The number of ether oxygens (including phenoxy) is 2. The van der Waals surface area contributed by atoms with Crippen molar-refractivity contribution in [2.45, 2.75) is 26.3 Å². The Kier molecular flexibility index (Phi) is 7.25. The molecule has 0 saturated carbocycles. The molecule has 2 aromatic rings. The maximum atomic E-state index is 12.9. The lowest BCUT2D eigenvalue weighted by Gasteiger charge is -2.25. The average molecular weight is 409 g/mol. The summed E-state index contributed by atoms with van der Waals surface area (Å²) in [7, 11) is 0. The van der Waals surface area contributed by atoms with E-state index in [0.29, 0.717) is 44.1 Å². The highest BCUT2D eigenvalue weighted by Crippen LogP contribution is 2.39. The van der Waals surface area contributed by atoms with Crippen LogP contribution in [0.25, 0.3) is 5.76 Å². The minimum atomic E-state index is -0.674. The number of hydrogen-bond acceptors (Lipinski definition) is 5. The standard InChI is InChI=1S/C24H27NO5/c1-3-29-16-8-15-25-21(17-11-13-19(14-12-17)30-4-2)20(23(27)24(25)28)22(26)18-9-6-5-7-10-18/h5-7,9-14,21,26H,3-4,8,15-16H2,1-2H3/b22-20-. The molecular formula is C24H27NO5. The summed E-state index contributed by atoms with van der Waals surface area (Å²) in [6.07, 6.45) is 0.597. The Balaban J connectivity index is 2.02. The fraction of sp³-hybridized carbons (Fsp3) is 0.333. The van der Waals surface area contributed by atoms with Crippen molar-refractivity contribution in [3.05, 3.63) is 71.3 Å². The minimum absolute atomic E-state index is 0.103. The van der Waals surface area contributed by atoms with Crippen LogP contribution >= 0.6 is 0 Å². The van der Waals surface area contributed by atoms with Crippen molar-refractivity contribution >= 4 is 17.4 Å². The second kappa shape index (κ2) is 10.1. The van der Waals surface area contributed by atoms with Crippen LogP contribution in [0.15, 0.2) is 60.2 Å². The first-order chi connectivity index (χ1) is 14.6. The quantitative estimate of drug-likeness (QED) is 0.294. The highest BCUT2D eigenvalue weighted by Gasteiger charge is 2.45. The number of carbonyl (C=O) groups excluding carboxylic acids is 2. The van der Waals surface area contributed by atoms with Crippen molar-refractivity contribution < 1.29 is 24.2 Å². The zero-order valence-corrected chi connectivity index (χ0v) is 17.3. The van der Waals surface area contributed by atoms with Gasteiger partial charge in [0, 0.05) is 25.3 Å². The van der Waals surface area contributed by atoms with E-state index in [1.807, 2.05) is 44.2 Å². The zero-order chi connectivity index (χ0) is 21.5. The molecule has 1 amide bonds. The first kappa shape index (κ1) is 21.6. The van der Waals surface area contributed by atoms with Gasteiger partial charge in [-0.1, -0.05) is 42.5 Å². The number of rotatable bonds is 9. The molecule has 1 N–H and O–H groups in total. The predicted molar refractivity (Wildman–Crippen MR) is 114 cm³/mol. The van der Waals surface area contributed by atoms with E-state index in [4.69, 9.17) is 9.47 Å². The SMILES string of the molecule is CCOCCCN1C(=O)C(=O)/C(=C(\O)c2ccccc2)C1c1ccc(OCC)cc1. The molecule has 0 bridgehead atoms. The van der Waals surface area contributed by atoms with Gasteiger partial charge >= 0.3 is 0 Å². The molecule has 1 saturated heterocycles. The molecule has 1 aliphatic rings. The van der Waals surface area contributed by atoms with E-state index in [-0.39, 0.29) is 11.3 Å². The summed E-state index contributed by atoms with van der Waals surface area (Å²) in [6, 6.07) is 15.4. The molecule has 158 valence electrons.